The Morgan fingerprint density at radius 1 is 1.04 bits per heavy atom. The molecule has 2 aromatic carbocycles. The first-order valence-electron chi connectivity index (χ1n) is 8.15. The van der Waals surface area contributed by atoms with Crippen LogP contribution in [0.2, 0.25) is 0 Å². The van der Waals surface area contributed by atoms with Crippen LogP contribution >= 0.6 is 0 Å². The lowest BCUT2D eigenvalue weighted by molar-refractivity contribution is 0.393. The Morgan fingerprint density at radius 3 is 2.56 bits per heavy atom. The molecule has 0 atom stereocenters. The van der Waals surface area contributed by atoms with E-state index in [2.05, 4.69) is 15.1 Å². The lowest BCUT2D eigenvalue weighted by Crippen LogP contribution is -1.91. The van der Waals surface area contributed by atoms with Crippen LogP contribution in [-0.2, 0) is 0 Å². The van der Waals surface area contributed by atoms with Gasteiger partial charge in [0.05, 0.1) is 16.7 Å². The van der Waals surface area contributed by atoms with E-state index in [0.717, 1.165) is 45.0 Å². The monoisotopic (exact) mass is 335 g/mol. The van der Waals surface area contributed by atoms with Gasteiger partial charge in [0.25, 0.3) is 0 Å². The molecule has 25 heavy (non-hydrogen) atoms. The Balaban J connectivity index is 2.08. The van der Waals surface area contributed by atoms with Crippen LogP contribution < -0.4 is 0 Å². The summed E-state index contributed by atoms with van der Waals surface area (Å²) in [6.45, 7) is 7.45. The average Bonchev–Trinajstić information content (AvgIpc) is 3.10. The number of nitrogens with one attached hydrogen (secondary N) is 1. The molecule has 0 unspecified atom stereocenters. The van der Waals surface area contributed by atoms with Crippen molar-refractivity contribution in [1.82, 2.24) is 15.1 Å². The van der Waals surface area contributed by atoms with Gasteiger partial charge in [-0.05, 0) is 51.0 Å². The average molecular weight is 335 g/mol. The van der Waals surface area contributed by atoms with Gasteiger partial charge in [-0.1, -0.05) is 23.4 Å². The molecule has 4 rings (SSSR count). The zero-order valence-corrected chi connectivity index (χ0v) is 14.6. The zero-order chi connectivity index (χ0) is 17.7. The molecule has 2 aromatic heterocycles. The van der Waals surface area contributed by atoms with Crippen LogP contribution in [0.4, 0.5) is 4.39 Å². The Labute approximate surface area is 144 Å². The van der Waals surface area contributed by atoms with Crippen molar-refractivity contribution < 1.29 is 8.91 Å². The fraction of sp³-hybridized carbons (Fsp3) is 0.200. The molecule has 0 saturated heterocycles. The van der Waals surface area contributed by atoms with E-state index in [9.17, 15) is 4.39 Å². The number of imidazole rings is 1. The van der Waals surface area contributed by atoms with E-state index < -0.39 is 0 Å². The highest BCUT2D eigenvalue weighted by Gasteiger charge is 2.18. The summed E-state index contributed by atoms with van der Waals surface area (Å²) in [5.74, 6) is 1.31. The molecule has 0 amide bonds. The zero-order valence-electron chi connectivity index (χ0n) is 14.6. The van der Waals surface area contributed by atoms with Crippen molar-refractivity contribution in [2.75, 3.05) is 0 Å². The quantitative estimate of drug-likeness (QED) is 0.544. The van der Waals surface area contributed by atoms with Gasteiger partial charge in [0.1, 0.15) is 17.4 Å². The third-order valence-corrected chi connectivity index (χ3v) is 4.51. The first kappa shape index (κ1) is 15.6. The second-order valence-electron chi connectivity index (χ2n) is 6.38. The molecule has 5 heteroatoms. The summed E-state index contributed by atoms with van der Waals surface area (Å²) >= 11 is 0. The lowest BCUT2D eigenvalue weighted by atomic mass is 9.95. The topological polar surface area (TPSA) is 54.7 Å². The van der Waals surface area contributed by atoms with Crippen LogP contribution in [0.5, 0.6) is 0 Å². The number of fused-ring (bicyclic) bond motifs is 1. The molecular formula is C20H18FN3O. The molecule has 0 spiro atoms. The third-order valence-electron chi connectivity index (χ3n) is 4.51. The van der Waals surface area contributed by atoms with Crippen molar-refractivity contribution in [2.45, 2.75) is 27.7 Å². The van der Waals surface area contributed by atoms with E-state index in [1.54, 1.807) is 19.1 Å². The number of hydrogen-bond donors (Lipinski definition) is 1. The number of aromatic nitrogens is 3. The predicted molar refractivity (Wildman–Crippen MR) is 95.9 cm³/mol. The fourth-order valence-corrected chi connectivity index (χ4v) is 3.34. The van der Waals surface area contributed by atoms with Crippen molar-refractivity contribution >= 4 is 11.0 Å². The Hall–Kier alpha value is -2.95. The standard InChI is InChI=1S/C20H18FN3O/c1-10-6-5-7-15(19(10)21)16-8-14(18-11(2)24-25-12(18)3)9-17-20(16)23-13(4)22-17/h5-9H,1-4H3,(H,22,23). The predicted octanol–water partition coefficient (Wildman–Crippen LogP) is 5.26. The van der Waals surface area contributed by atoms with E-state index in [4.69, 9.17) is 4.52 Å². The molecule has 1 N–H and O–H groups in total. The molecule has 126 valence electrons. The number of H-pyrrole nitrogens is 1. The molecule has 2 heterocycles. The maximum atomic E-state index is 14.8. The largest absolute Gasteiger partial charge is 0.361 e. The van der Waals surface area contributed by atoms with Crippen LogP contribution in [0.15, 0.2) is 34.9 Å². The van der Waals surface area contributed by atoms with Gasteiger partial charge >= 0.3 is 0 Å². The number of halogens is 1. The molecule has 4 aromatic rings. The molecule has 4 nitrogen and oxygen atoms in total. The van der Waals surface area contributed by atoms with Gasteiger partial charge in [-0.3, -0.25) is 0 Å². The number of rotatable bonds is 2. The van der Waals surface area contributed by atoms with Gasteiger partial charge in [-0.25, -0.2) is 9.37 Å². The maximum absolute atomic E-state index is 14.8. The number of benzene rings is 2. The molecule has 0 radical (unpaired) electrons. The summed E-state index contributed by atoms with van der Waals surface area (Å²) in [4.78, 5) is 7.83. The minimum absolute atomic E-state index is 0.222. The first-order valence-corrected chi connectivity index (χ1v) is 8.15. The van der Waals surface area contributed by atoms with Crippen LogP contribution in [0.3, 0.4) is 0 Å². The lowest BCUT2D eigenvalue weighted by Gasteiger charge is -2.09. The molecular weight excluding hydrogens is 317 g/mol. The summed E-state index contributed by atoms with van der Waals surface area (Å²) in [5, 5.41) is 4.04. The first-order chi connectivity index (χ1) is 12.0. The summed E-state index contributed by atoms with van der Waals surface area (Å²) in [7, 11) is 0. The SMILES string of the molecule is Cc1nc2c(-c3cccc(C)c3F)cc(-c3c(C)noc3C)cc2[nH]1. The molecule has 0 fully saturated rings. The second kappa shape index (κ2) is 5.55. The van der Waals surface area contributed by atoms with E-state index in [0.29, 0.717) is 11.1 Å². The molecule has 0 aliphatic rings. The van der Waals surface area contributed by atoms with Crippen LogP contribution in [0.1, 0.15) is 22.8 Å². The Bertz CT molecular complexity index is 1090. The Morgan fingerprint density at radius 2 is 1.84 bits per heavy atom. The van der Waals surface area contributed by atoms with Gasteiger partial charge in [0.2, 0.25) is 0 Å². The highest BCUT2D eigenvalue weighted by molar-refractivity contribution is 5.96. The number of aromatic amines is 1. The van der Waals surface area contributed by atoms with Crippen molar-refractivity contribution in [3.8, 4) is 22.3 Å². The normalized spacial score (nSPS) is 11.4. The summed E-state index contributed by atoms with van der Waals surface area (Å²) in [6, 6.07) is 9.40. The van der Waals surface area contributed by atoms with E-state index >= 15 is 0 Å². The fourth-order valence-electron chi connectivity index (χ4n) is 3.34. The van der Waals surface area contributed by atoms with Crippen LogP contribution in [0.25, 0.3) is 33.3 Å². The van der Waals surface area contributed by atoms with Gasteiger partial charge in [-0.2, -0.15) is 0 Å². The minimum atomic E-state index is -0.222. The number of aryl methyl sites for hydroxylation is 4. The van der Waals surface area contributed by atoms with Crippen molar-refractivity contribution in [2.24, 2.45) is 0 Å². The Kier molecular flexibility index (Phi) is 3.46. The molecule has 0 aliphatic heterocycles. The van der Waals surface area contributed by atoms with Gasteiger partial charge < -0.3 is 9.51 Å². The van der Waals surface area contributed by atoms with Gasteiger partial charge in [0, 0.05) is 16.7 Å². The van der Waals surface area contributed by atoms with Gasteiger partial charge in [0.15, 0.2) is 0 Å². The minimum Gasteiger partial charge on any atom is -0.361 e. The van der Waals surface area contributed by atoms with Crippen molar-refractivity contribution in [3.63, 3.8) is 0 Å². The van der Waals surface area contributed by atoms with Crippen molar-refractivity contribution in [1.29, 1.82) is 0 Å². The maximum Gasteiger partial charge on any atom is 0.141 e. The molecule has 0 bridgehead atoms. The number of nitrogens with zero attached hydrogens (tertiary/aromatic N) is 2. The highest BCUT2D eigenvalue weighted by atomic mass is 19.1. The molecule has 0 saturated carbocycles. The summed E-state index contributed by atoms with van der Waals surface area (Å²) in [5.41, 5.74) is 6.22. The smallest absolute Gasteiger partial charge is 0.141 e. The summed E-state index contributed by atoms with van der Waals surface area (Å²) in [6.07, 6.45) is 0. The van der Waals surface area contributed by atoms with Crippen LogP contribution in [0, 0.1) is 33.5 Å². The highest BCUT2D eigenvalue weighted by Crippen LogP contribution is 2.36. The second-order valence-corrected chi connectivity index (χ2v) is 6.38. The van der Waals surface area contributed by atoms with E-state index in [1.807, 2.05) is 39.0 Å². The third kappa shape index (κ3) is 2.43. The van der Waals surface area contributed by atoms with Crippen LogP contribution in [-0.4, -0.2) is 15.1 Å². The number of hydrogen-bond acceptors (Lipinski definition) is 3. The summed E-state index contributed by atoms with van der Waals surface area (Å²) < 4.78 is 20.1. The van der Waals surface area contributed by atoms with E-state index in [-0.39, 0.29) is 5.82 Å². The van der Waals surface area contributed by atoms with Crippen molar-refractivity contribution in [3.05, 3.63) is 59.0 Å². The van der Waals surface area contributed by atoms with Gasteiger partial charge in [-0.15, -0.1) is 0 Å². The molecule has 0 aliphatic carbocycles. The van der Waals surface area contributed by atoms with E-state index in [1.165, 1.54) is 0 Å².